The van der Waals surface area contributed by atoms with Crippen LogP contribution in [0, 0.1) is 6.92 Å². The van der Waals surface area contributed by atoms with Crippen LogP contribution in [0.15, 0.2) is 47.1 Å². The predicted octanol–water partition coefficient (Wildman–Crippen LogP) is 0.811. The van der Waals surface area contributed by atoms with E-state index in [9.17, 15) is 19.5 Å². The maximum absolute atomic E-state index is 13.2. The molecule has 0 aliphatic carbocycles. The topological polar surface area (TPSA) is 103 Å². The van der Waals surface area contributed by atoms with Gasteiger partial charge in [-0.1, -0.05) is 17.7 Å². The minimum absolute atomic E-state index is 0.133. The Morgan fingerprint density at radius 2 is 1.86 bits per heavy atom. The van der Waals surface area contributed by atoms with Crippen LogP contribution in [0.5, 0.6) is 0 Å². The van der Waals surface area contributed by atoms with Crippen LogP contribution in [0.2, 0.25) is 0 Å². The van der Waals surface area contributed by atoms with Crippen molar-refractivity contribution in [2.45, 2.75) is 31.5 Å². The summed E-state index contributed by atoms with van der Waals surface area (Å²) in [6, 6.07) is 9.06. The number of ether oxygens (including phenoxy) is 1. The van der Waals surface area contributed by atoms with Crippen molar-refractivity contribution in [3.63, 3.8) is 0 Å². The highest BCUT2D eigenvalue weighted by molar-refractivity contribution is 5.97. The number of aryl methyl sites for hydroxylation is 1. The number of carbonyl (C=O) groups excluding carboxylic acids is 3. The van der Waals surface area contributed by atoms with E-state index in [1.165, 1.54) is 11.2 Å². The second-order valence-corrected chi connectivity index (χ2v) is 7.41. The van der Waals surface area contributed by atoms with Crippen molar-refractivity contribution in [3.8, 4) is 0 Å². The first-order chi connectivity index (χ1) is 13.9. The first-order valence-electron chi connectivity index (χ1n) is 9.49. The van der Waals surface area contributed by atoms with E-state index in [0.29, 0.717) is 31.5 Å². The Balaban J connectivity index is 1.58. The molecule has 2 saturated heterocycles. The molecule has 1 spiro atoms. The zero-order valence-electron chi connectivity index (χ0n) is 16.0. The fourth-order valence-corrected chi connectivity index (χ4v) is 4.08. The van der Waals surface area contributed by atoms with Crippen molar-refractivity contribution in [1.29, 1.82) is 0 Å². The van der Waals surface area contributed by atoms with Crippen molar-refractivity contribution in [2.24, 2.45) is 0 Å². The number of hydrogen-bond acceptors (Lipinski definition) is 6. The summed E-state index contributed by atoms with van der Waals surface area (Å²) >= 11 is 0. The summed E-state index contributed by atoms with van der Waals surface area (Å²) in [6.07, 6.45) is 2.05. The van der Waals surface area contributed by atoms with E-state index in [2.05, 4.69) is 0 Å². The lowest BCUT2D eigenvalue weighted by molar-refractivity contribution is -0.310. The van der Waals surface area contributed by atoms with Crippen LogP contribution in [0.3, 0.4) is 0 Å². The van der Waals surface area contributed by atoms with E-state index in [0.717, 1.165) is 5.56 Å². The van der Waals surface area contributed by atoms with Gasteiger partial charge < -0.3 is 24.0 Å². The largest absolute Gasteiger partial charge is 0.548 e. The van der Waals surface area contributed by atoms with Crippen molar-refractivity contribution in [2.75, 3.05) is 19.7 Å². The van der Waals surface area contributed by atoms with Crippen molar-refractivity contribution in [1.82, 2.24) is 9.80 Å². The maximum Gasteiger partial charge on any atom is 0.289 e. The van der Waals surface area contributed by atoms with Crippen LogP contribution in [-0.2, 0) is 9.53 Å². The number of benzene rings is 1. The lowest BCUT2D eigenvalue weighted by Crippen LogP contribution is -2.60. The first kappa shape index (κ1) is 19.2. The molecular formula is C21H21N2O6-. The number of carbonyl (C=O) groups is 3. The van der Waals surface area contributed by atoms with Gasteiger partial charge in [-0.2, -0.15) is 0 Å². The summed E-state index contributed by atoms with van der Waals surface area (Å²) in [7, 11) is 0. The number of furan rings is 1. The van der Waals surface area contributed by atoms with Crippen molar-refractivity contribution < 1.29 is 28.6 Å². The molecule has 4 rings (SSSR count). The van der Waals surface area contributed by atoms with Gasteiger partial charge in [-0.05, 0) is 31.2 Å². The molecule has 0 radical (unpaired) electrons. The smallest absolute Gasteiger partial charge is 0.289 e. The molecule has 1 atom stereocenters. The molecule has 3 heterocycles. The van der Waals surface area contributed by atoms with Gasteiger partial charge >= 0.3 is 0 Å². The number of piperidine rings is 1. The average molecular weight is 397 g/mol. The molecule has 152 valence electrons. The van der Waals surface area contributed by atoms with E-state index in [-0.39, 0.29) is 18.3 Å². The number of carboxylic acid groups (broad SMARTS) is 1. The number of carboxylic acids is 1. The zero-order valence-corrected chi connectivity index (χ0v) is 16.0. The first-order valence-corrected chi connectivity index (χ1v) is 9.49. The summed E-state index contributed by atoms with van der Waals surface area (Å²) in [5.41, 5.74) is 0.218. The Labute approximate surface area is 167 Å². The van der Waals surface area contributed by atoms with Crippen molar-refractivity contribution in [3.05, 3.63) is 59.5 Å². The molecule has 1 aromatic carbocycles. The zero-order chi connectivity index (χ0) is 20.6. The van der Waals surface area contributed by atoms with Crippen LogP contribution < -0.4 is 5.11 Å². The molecule has 0 saturated carbocycles. The van der Waals surface area contributed by atoms with Gasteiger partial charge in [0.05, 0.1) is 24.9 Å². The lowest BCUT2D eigenvalue weighted by atomic mass is 9.96. The number of likely N-dealkylation sites (tertiary alicyclic amines) is 1. The minimum Gasteiger partial charge on any atom is -0.548 e. The van der Waals surface area contributed by atoms with E-state index >= 15 is 0 Å². The molecule has 0 N–H and O–H groups in total. The van der Waals surface area contributed by atoms with Gasteiger partial charge in [-0.3, -0.25) is 14.5 Å². The third kappa shape index (κ3) is 3.40. The molecule has 1 aromatic heterocycles. The summed E-state index contributed by atoms with van der Waals surface area (Å²) in [5, 5.41) is 11.7. The molecule has 8 heteroatoms. The molecule has 2 amide bonds. The fraction of sp³-hybridized carbons (Fsp3) is 0.381. The van der Waals surface area contributed by atoms with Crippen LogP contribution >= 0.6 is 0 Å². The number of hydrogen-bond donors (Lipinski definition) is 0. The van der Waals surface area contributed by atoms with Crippen LogP contribution in [-0.4, -0.2) is 59.0 Å². The Bertz CT molecular complexity index is 930. The molecule has 0 unspecified atom stereocenters. The van der Waals surface area contributed by atoms with Gasteiger partial charge in [-0.15, -0.1) is 0 Å². The highest BCUT2D eigenvalue weighted by Gasteiger charge is 2.52. The number of nitrogens with zero attached hydrogens (tertiary/aromatic N) is 2. The normalized spacial score (nSPS) is 20.8. The molecule has 8 nitrogen and oxygen atoms in total. The summed E-state index contributed by atoms with van der Waals surface area (Å²) < 4.78 is 11.1. The number of rotatable bonds is 3. The molecule has 2 aliphatic heterocycles. The van der Waals surface area contributed by atoms with E-state index in [4.69, 9.17) is 9.15 Å². The van der Waals surface area contributed by atoms with Crippen LogP contribution in [0.25, 0.3) is 0 Å². The van der Waals surface area contributed by atoms with Crippen molar-refractivity contribution >= 4 is 17.8 Å². The minimum atomic E-state index is -1.35. The monoisotopic (exact) mass is 397 g/mol. The SMILES string of the molecule is Cc1cccc(C(=O)N2[C@H](C(=O)[O-])COC23CCN(C(=O)c2ccco2)CC3)c1. The summed E-state index contributed by atoms with van der Waals surface area (Å²) in [5.74, 6) is -1.76. The highest BCUT2D eigenvalue weighted by atomic mass is 16.5. The van der Waals surface area contributed by atoms with Gasteiger partial charge in [-0.25, -0.2) is 0 Å². The third-order valence-corrected chi connectivity index (χ3v) is 5.58. The summed E-state index contributed by atoms with van der Waals surface area (Å²) in [6.45, 7) is 2.36. The Kier molecular flexibility index (Phi) is 4.87. The van der Waals surface area contributed by atoms with Gasteiger partial charge in [0.25, 0.3) is 11.8 Å². The Hall–Kier alpha value is -3.13. The lowest BCUT2D eigenvalue weighted by Gasteiger charge is -2.44. The van der Waals surface area contributed by atoms with E-state index in [1.807, 2.05) is 13.0 Å². The quantitative estimate of drug-likeness (QED) is 0.759. The average Bonchev–Trinajstić information content (AvgIpc) is 3.36. The predicted molar refractivity (Wildman–Crippen MR) is 98.7 cm³/mol. The standard InChI is InChI=1S/C21H22N2O6/c1-14-4-2-5-15(12-14)18(24)23-16(20(26)27)13-29-21(23)7-9-22(10-8-21)19(25)17-6-3-11-28-17/h2-6,11-12,16H,7-10,13H2,1H3,(H,26,27)/p-1/t16-/m0/s1. The number of amides is 2. The maximum atomic E-state index is 13.2. The second kappa shape index (κ2) is 7.36. The van der Waals surface area contributed by atoms with Crippen LogP contribution in [0.4, 0.5) is 0 Å². The highest BCUT2D eigenvalue weighted by Crippen LogP contribution is 2.38. The molecule has 2 aromatic rings. The van der Waals surface area contributed by atoms with Gasteiger partial charge in [0, 0.05) is 31.5 Å². The third-order valence-electron chi connectivity index (χ3n) is 5.58. The van der Waals surface area contributed by atoms with E-state index < -0.39 is 23.6 Å². The van der Waals surface area contributed by atoms with Gasteiger partial charge in [0.1, 0.15) is 5.72 Å². The second-order valence-electron chi connectivity index (χ2n) is 7.41. The van der Waals surface area contributed by atoms with Crippen LogP contribution in [0.1, 0.15) is 39.3 Å². The molecule has 2 aliphatic rings. The summed E-state index contributed by atoms with van der Waals surface area (Å²) in [4.78, 5) is 40.4. The molecule has 0 bridgehead atoms. The number of aliphatic carboxylic acids is 1. The fourth-order valence-electron chi connectivity index (χ4n) is 4.08. The Morgan fingerprint density at radius 3 is 2.48 bits per heavy atom. The van der Waals surface area contributed by atoms with E-state index in [1.54, 1.807) is 35.2 Å². The molecule has 2 fully saturated rings. The van der Waals surface area contributed by atoms with Gasteiger partial charge in [0.15, 0.2) is 5.76 Å². The Morgan fingerprint density at radius 1 is 1.10 bits per heavy atom. The van der Waals surface area contributed by atoms with Gasteiger partial charge in [0.2, 0.25) is 0 Å². The molecule has 29 heavy (non-hydrogen) atoms. The molecular weight excluding hydrogens is 376 g/mol.